The number of hydrogen-bond acceptors (Lipinski definition) is 1. The van der Waals surface area contributed by atoms with Crippen LogP contribution in [0.3, 0.4) is 0 Å². The second-order valence-corrected chi connectivity index (χ2v) is 3.54. The van der Waals surface area contributed by atoms with Gasteiger partial charge >= 0.3 is 0 Å². The van der Waals surface area contributed by atoms with Crippen molar-refractivity contribution in [2.24, 2.45) is 0 Å². The van der Waals surface area contributed by atoms with Crippen molar-refractivity contribution in [1.82, 2.24) is 0 Å². The molecule has 0 amide bonds. The molecular formula is C10H12ClN. The molecule has 2 rings (SSSR count). The summed E-state index contributed by atoms with van der Waals surface area (Å²) in [6.07, 6.45) is 2.12. The second kappa shape index (κ2) is 2.98. The van der Waals surface area contributed by atoms with E-state index in [-0.39, 0.29) is 0 Å². The van der Waals surface area contributed by atoms with Crippen LogP contribution in [0.25, 0.3) is 0 Å². The predicted octanol–water partition coefficient (Wildman–Crippen LogP) is 2.87. The third kappa shape index (κ3) is 1.18. The Morgan fingerprint density at radius 1 is 1.50 bits per heavy atom. The lowest BCUT2D eigenvalue weighted by Gasteiger charge is -2.05. The molecule has 2 heteroatoms. The van der Waals surface area contributed by atoms with Crippen LogP contribution < -0.4 is 5.32 Å². The quantitative estimate of drug-likeness (QED) is 0.703. The Morgan fingerprint density at radius 2 is 2.33 bits per heavy atom. The first-order chi connectivity index (χ1) is 5.81. The largest absolute Gasteiger partial charge is 0.384 e. The maximum absolute atomic E-state index is 6.08. The molecule has 0 saturated heterocycles. The Kier molecular flexibility index (Phi) is 1.97. The van der Waals surface area contributed by atoms with Crippen molar-refractivity contribution in [1.29, 1.82) is 0 Å². The topological polar surface area (TPSA) is 12.0 Å². The molecule has 1 heterocycles. The molecule has 1 aliphatic rings. The molecule has 64 valence electrons. The van der Waals surface area contributed by atoms with E-state index >= 15 is 0 Å². The zero-order valence-electron chi connectivity index (χ0n) is 7.15. The Bertz CT molecular complexity index is 306. The predicted molar refractivity (Wildman–Crippen MR) is 53.0 cm³/mol. The molecular weight excluding hydrogens is 170 g/mol. The summed E-state index contributed by atoms with van der Waals surface area (Å²) in [6.45, 7) is 3.18. The first-order valence-electron chi connectivity index (χ1n) is 4.36. The highest BCUT2D eigenvalue weighted by Gasteiger charge is 2.11. The highest BCUT2D eigenvalue weighted by Crippen LogP contribution is 2.29. The van der Waals surface area contributed by atoms with Crippen molar-refractivity contribution < 1.29 is 0 Å². The molecule has 1 aliphatic heterocycles. The standard InChI is InChI=1S/C10H12ClN/c1-2-7-6-10-8(3-4-12-10)5-9(7)11/h5-6,12H,2-4H2,1H3. The minimum absolute atomic E-state index is 0.917. The summed E-state index contributed by atoms with van der Waals surface area (Å²) in [7, 11) is 0. The fraction of sp³-hybridized carbons (Fsp3) is 0.400. The maximum atomic E-state index is 6.08. The first-order valence-corrected chi connectivity index (χ1v) is 4.74. The van der Waals surface area contributed by atoms with Gasteiger partial charge < -0.3 is 5.32 Å². The van der Waals surface area contributed by atoms with E-state index in [2.05, 4.69) is 24.4 Å². The molecule has 0 aromatic heterocycles. The molecule has 1 aromatic carbocycles. The van der Waals surface area contributed by atoms with Crippen molar-refractivity contribution >= 4 is 17.3 Å². The van der Waals surface area contributed by atoms with Gasteiger partial charge in [-0.3, -0.25) is 0 Å². The smallest absolute Gasteiger partial charge is 0.0442 e. The van der Waals surface area contributed by atoms with Gasteiger partial charge in [0.2, 0.25) is 0 Å². The Hall–Kier alpha value is -0.690. The molecule has 12 heavy (non-hydrogen) atoms. The summed E-state index contributed by atoms with van der Waals surface area (Å²) in [4.78, 5) is 0. The zero-order valence-corrected chi connectivity index (χ0v) is 7.91. The summed E-state index contributed by atoms with van der Waals surface area (Å²) in [6, 6.07) is 4.26. The molecule has 0 radical (unpaired) electrons. The molecule has 0 spiro atoms. The van der Waals surface area contributed by atoms with Gasteiger partial charge in [0.15, 0.2) is 0 Å². The molecule has 1 aromatic rings. The van der Waals surface area contributed by atoms with Crippen LogP contribution in [-0.4, -0.2) is 6.54 Å². The van der Waals surface area contributed by atoms with Gasteiger partial charge in [0.05, 0.1) is 0 Å². The van der Waals surface area contributed by atoms with Gasteiger partial charge in [0.1, 0.15) is 0 Å². The lowest BCUT2D eigenvalue weighted by molar-refractivity contribution is 1.10. The molecule has 0 bridgehead atoms. The molecule has 0 fully saturated rings. The van der Waals surface area contributed by atoms with Gasteiger partial charge in [0, 0.05) is 17.3 Å². The van der Waals surface area contributed by atoms with E-state index in [0.29, 0.717) is 0 Å². The molecule has 0 atom stereocenters. The fourth-order valence-electron chi connectivity index (χ4n) is 1.63. The average Bonchev–Trinajstić information content (AvgIpc) is 2.49. The zero-order chi connectivity index (χ0) is 8.55. The van der Waals surface area contributed by atoms with Crippen LogP contribution in [0.5, 0.6) is 0 Å². The van der Waals surface area contributed by atoms with E-state index in [0.717, 1.165) is 24.4 Å². The van der Waals surface area contributed by atoms with E-state index in [1.807, 2.05) is 0 Å². The van der Waals surface area contributed by atoms with Crippen molar-refractivity contribution in [3.05, 3.63) is 28.3 Å². The Balaban J connectivity index is 2.49. The van der Waals surface area contributed by atoms with Crippen molar-refractivity contribution in [2.75, 3.05) is 11.9 Å². The average molecular weight is 182 g/mol. The molecule has 0 unspecified atom stereocenters. The van der Waals surface area contributed by atoms with Crippen LogP contribution in [0.2, 0.25) is 5.02 Å². The number of nitrogens with one attached hydrogen (secondary N) is 1. The third-order valence-electron chi connectivity index (χ3n) is 2.36. The summed E-state index contributed by atoms with van der Waals surface area (Å²) in [5.74, 6) is 0. The number of aryl methyl sites for hydroxylation is 1. The number of rotatable bonds is 1. The van der Waals surface area contributed by atoms with E-state index in [1.165, 1.54) is 16.8 Å². The fourth-order valence-corrected chi connectivity index (χ4v) is 1.95. The van der Waals surface area contributed by atoms with E-state index in [9.17, 15) is 0 Å². The van der Waals surface area contributed by atoms with Crippen LogP contribution in [0.4, 0.5) is 5.69 Å². The minimum Gasteiger partial charge on any atom is -0.384 e. The first kappa shape index (κ1) is 7.93. The molecule has 0 aliphatic carbocycles. The summed E-state index contributed by atoms with van der Waals surface area (Å²) < 4.78 is 0. The van der Waals surface area contributed by atoms with Crippen molar-refractivity contribution in [2.45, 2.75) is 19.8 Å². The van der Waals surface area contributed by atoms with E-state index in [4.69, 9.17) is 11.6 Å². The Morgan fingerprint density at radius 3 is 3.08 bits per heavy atom. The Labute approximate surface area is 77.7 Å². The summed E-state index contributed by atoms with van der Waals surface area (Å²) in [5, 5.41) is 4.26. The van der Waals surface area contributed by atoms with Crippen LogP contribution in [0.1, 0.15) is 18.1 Å². The lowest BCUT2D eigenvalue weighted by Crippen LogP contribution is -1.91. The van der Waals surface area contributed by atoms with Gasteiger partial charge in [-0.1, -0.05) is 18.5 Å². The second-order valence-electron chi connectivity index (χ2n) is 3.13. The van der Waals surface area contributed by atoms with Crippen molar-refractivity contribution in [3.63, 3.8) is 0 Å². The van der Waals surface area contributed by atoms with Crippen LogP contribution >= 0.6 is 11.6 Å². The van der Waals surface area contributed by atoms with Crippen LogP contribution in [0.15, 0.2) is 12.1 Å². The minimum atomic E-state index is 0.917. The lowest BCUT2D eigenvalue weighted by atomic mass is 10.1. The molecule has 1 N–H and O–H groups in total. The van der Waals surface area contributed by atoms with Gasteiger partial charge in [-0.05, 0) is 36.1 Å². The number of benzene rings is 1. The van der Waals surface area contributed by atoms with E-state index < -0.39 is 0 Å². The van der Waals surface area contributed by atoms with Gasteiger partial charge in [-0.2, -0.15) is 0 Å². The summed E-state index contributed by atoms with van der Waals surface area (Å²) in [5.41, 5.74) is 3.87. The summed E-state index contributed by atoms with van der Waals surface area (Å²) >= 11 is 6.08. The highest BCUT2D eigenvalue weighted by molar-refractivity contribution is 6.31. The van der Waals surface area contributed by atoms with Crippen LogP contribution in [0, 0.1) is 0 Å². The maximum Gasteiger partial charge on any atom is 0.0442 e. The number of hydrogen-bond donors (Lipinski definition) is 1. The van der Waals surface area contributed by atoms with Gasteiger partial charge in [-0.25, -0.2) is 0 Å². The number of halogens is 1. The highest BCUT2D eigenvalue weighted by atomic mass is 35.5. The third-order valence-corrected chi connectivity index (χ3v) is 2.71. The normalized spacial score (nSPS) is 14.2. The monoisotopic (exact) mass is 181 g/mol. The molecule has 0 saturated carbocycles. The van der Waals surface area contributed by atoms with Gasteiger partial charge in [-0.15, -0.1) is 0 Å². The van der Waals surface area contributed by atoms with Gasteiger partial charge in [0.25, 0.3) is 0 Å². The number of fused-ring (bicyclic) bond motifs is 1. The number of anilines is 1. The van der Waals surface area contributed by atoms with Crippen molar-refractivity contribution in [3.8, 4) is 0 Å². The molecule has 1 nitrogen and oxygen atoms in total. The van der Waals surface area contributed by atoms with Crippen LogP contribution in [-0.2, 0) is 12.8 Å². The SMILES string of the molecule is CCc1cc2c(cc1Cl)CCN2. The van der Waals surface area contributed by atoms with E-state index in [1.54, 1.807) is 0 Å².